The van der Waals surface area contributed by atoms with E-state index in [1.165, 1.54) is 0 Å². The first-order chi connectivity index (χ1) is 4.04. The summed E-state index contributed by atoms with van der Waals surface area (Å²) in [5.41, 5.74) is 5.66. The van der Waals surface area contributed by atoms with Gasteiger partial charge in [0.05, 0.1) is 0 Å². The summed E-state index contributed by atoms with van der Waals surface area (Å²) >= 11 is 0. The van der Waals surface area contributed by atoms with E-state index >= 15 is 0 Å². The van der Waals surface area contributed by atoms with Gasteiger partial charge in [-0.15, -0.1) is 0 Å². The Morgan fingerprint density at radius 3 is 1.89 bits per heavy atom. The first-order valence-electron chi connectivity index (χ1n) is 3.44. The smallest absolute Gasteiger partial charge is 0.00483 e. The summed E-state index contributed by atoms with van der Waals surface area (Å²) in [6, 6.07) is 0.312. The van der Waals surface area contributed by atoms with Crippen LogP contribution >= 0.6 is 0 Å². The van der Waals surface area contributed by atoms with Crippen molar-refractivity contribution in [2.45, 2.75) is 19.9 Å². The van der Waals surface area contributed by atoms with Crippen LogP contribution in [0.25, 0.3) is 0 Å². The molecule has 0 aliphatic rings. The van der Waals surface area contributed by atoms with Crippen LogP contribution in [0, 0.1) is 5.92 Å². The SMILES string of the molecule is CC(N)C(C)CN(C)C. The Morgan fingerprint density at radius 2 is 1.78 bits per heavy atom. The second-order valence-corrected chi connectivity index (χ2v) is 3.10. The molecule has 0 saturated heterocycles. The Morgan fingerprint density at radius 1 is 1.33 bits per heavy atom. The van der Waals surface area contributed by atoms with Crippen molar-refractivity contribution in [1.29, 1.82) is 0 Å². The van der Waals surface area contributed by atoms with Crippen LogP contribution in [0.5, 0.6) is 0 Å². The normalized spacial score (nSPS) is 18.0. The van der Waals surface area contributed by atoms with E-state index in [2.05, 4.69) is 25.9 Å². The van der Waals surface area contributed by atoms with Crippen molar-refractivity contribution < 1.29 is 0 Å². The van der Waals surface area contributed by atoms with Crippen molar-refractivity contribution in [3.63, 3.8) is 0 Å². The van der Waals surface area contributed by atoms with Gasteiger partial charge in [0, 0.05) is 12.6 Å². The maximum absolute atomic E-state index is 5.66. The molecule has 0 aromatic heterocycles. The number of rotatable bonds is 3. The van der Waals surface area contributed by atoms with Gasteiger partial charge in [0.2, 0.25) is 0 Å². The van der Waals surface area contributed by atoms with Crippen molar-refractivity contribution in [2.24, 2.45) is 11.7 Å². The molecule has 0 aromatic carbocycles. The first kappa shape index (κ1) is 8.92. The number of nitrogens with two attached hydrogens (primary N) is 1. The molecule has 0 amide bonds. The second kappa shape index (κ2) is 3.85. The van der Waals surface area contributed by atoms with E-state index in [1.807, 2.05) is 6.92 Å². The summed E-state index contributed by atoms with van der Waals surface area (Å²) in [4.78, 5) is 2.16. The zero-order valence-corrected chi connectivity index (χ0v) is 6.89. The minimum atomic E-state index is 0.312. The van der Waals surface area contributed by atoms with Crippen LogP contribution in [0.3, 0.4) is 0 Å². The maximum atomic E-state index is 5.66. The monoisotopic (exact) mass is 130 g/mol. The number of nitrogens with zero attached hydrogens (tertiary/aromatic N) is 1. The van der Waals surface area contributed by atoms with Gasteiger partial charge in [-0.25, -0.2) is 0 Å². The van der Waals surface area contributed by atoms with E-state index < -0.39 is 0 Å². The van der Waals surface area contributed by atoms with Crippen molar-refractivity contribution in [3.8, 4) is 0 Å². The van der Waals surface area contributed by atoms with Crippen LogP contribution in [0.1, 0.15) is 13.8 Å². The molecule has 0 radical (unpaired) electrons. The summed E-state index contributed by atoms with van der Waals surface area (Å²) < 4.78 is 0. The van der Waals surface area contributed by atoms with Gasteiger partial charge in [-0.05, 0) is 26.9 Å². The van der Waals surface area contributed by atoms with Gasteiger partial charge in [-0.2, -0.15) is 0 Å². The van der Waals surface area contributed by atoms with E-state index in [0.717, 1.165) is 6.54 Å². The van der Waals surface area contributed by atoms with Crippen LogP contribution in [-0.4, -0.2) is 31.6 Å². The van der Waals surface area contributed by atoms with Gasteiger partial charge >= 0.3 is 0 Å². The van der Waals surface area contributed by atoms with Crippen LogP contribution in [0.4, 0.5) is 0 Å². The molecule has 2 heteroatoms. The van der Waals surface area contributed by atoms with Crippen molar-refractivity contribution >= 4 is 0 Å². The largest absolute Gasteiger partial charge is 0.328 e. The van der Waals surface area contributed by atoms with E-state index in [4.69, 9.17) is 5.73 Å². The molecule has 0 heterocycles. The molecule has 9 heavy (non-hydrogen) atoms. The molecular formula is C7H18N2. The summed E-state index contributed by atoms with van der Waals surface area (Å²) in [7, 11) is 4.14. The predicted octanol–water partition coefficient (Wildman–Crippen LogP) is 0.531. The quantitative estimate of drug-likeness (QED) is 0.604. The fourth-order valence-corrected chi connectivity index (χ4v) is 0.742. The Labute approximate surface area is 58.0 Å². The van der Waals surface area contributed by atoms with E-state index in [-0.39, 0.29) is 0 Å². The molecule has 0 aliphatic carbocycles. The molecule has 2 N–H and O–H groups in total. The van der Waals surface area contributed by atoms with Gasteiger partial charge < -0.3 is 10.6 Å². The standard InChI is InChI=1S/C7H18N2/c1-6(7(2)8)5-9(3)4/h6-7H,5,8H2,1-4H3. The van der Waals surface area contributed by atoms with Crippen molar-refractivity contribution in [2.75, 3.05) is 20.6 Å². The highest BCUT2D eigenvalue weighted by Crippen LogP contribution is 1.99. The summed E-state index contributed by atoms with van der Waals surface area (Å²) in [6.45, 7) is 5.30. The lowest BCUT2D eigenvalue weighted by molar-refractivity contribution is 0.313. The molecule has 0 spiro atoms. The molecule has 0 bridgehead atoms. The van der Waals surface area contributed by atoms with Gasteiger partial charge in [0.15, 0.2) is 0 Å². The van der Waals surface area contributed by atoms with Crippen LogP contribution < -0.4 is 5.73 Å². The third kappa shape index (κ3) is 4.43. The number of hydrogen-bond acceptors (Lipinski definition) is 2. The summed E-state index contributed by atoms with van der Waals surface area (Å²) in [6.07, 6.45) is 0. The summed E-state index contributed by atoms with van der Waals surface area (Å²) in [5, 5.41) is 0. The van der Waals surface area contributed by atoms with Gasteiger partial charge in [0.1, 0.15) is 0 Å². The fourth-order valence-electron chi connectivity index (χ4n) is 0.742. The Bertz CT molecular complexity index is 69.3. The number of hydrogen-bond donors (Lipinski definition) is 1. The molecule has 0 saturated carbocycles. The molecule has 0 fully saturated rings. The van der Waals surface area contributed by atoms with Crippen molar-refractivity contribution in [1.82, 2.24) is 4.90 Å². The highest BCUT2D eigenvalue weighted by molar-refractivity contribution is 4.64. The van der Waals surface area contributed by atoms with E-state index in [0.29, 0.717) is 12.0 Å². The molecule has 2 atom stereocenters. The highest BCUT2D eigenvalue weighted by Gasteiger charge is 2.06. The zero-order chi connectivity index (χ0) is 7.44. The van der Waals surface area contributed by atoms with Crippen LogP contribution in [0.2, 0.25) is 0 Å². The lowest BCUT2D eigenvalue weighted by Crippen LogP contribution is -2.32. The average Bonchev–Trinajstić information content (AvgIpc) is 1.63. The average molecular weight is 130 g/mol. The molecular weight excluding hydrogens is 112 g/mol. The predicted molar refractivity (Wildman–Crippen MR) is 41.4 cm³/mol. The highest BCUT2D eigenvalue weighted by atomic mass is 15.1. The minimum Gasteiger partial charge on any atom is -0.328 e. The fraction of sp³-hybridized carbons (Fsp3) is 1.00. The van der Waals surface area contributed by atoms with Crippen LogP contribution in [-0.2, 0) is 0 Å². The van der Waals surface area contributed by atoms with Gasteiger partial charge in [0.25, 0.3) is 0 Å². The topological polar surface area (TPSA) is 29.3 Å². The molecule has 0 aliphatic heterocycles. The van der Waals surface area contributed by atoms with E-state index in [1.54, 1.807) is 0 Å². The minimum absolute atomic E-state index is 0.312. The summed E-state index contributed by atoms with van der Waals surface area (Å²) in [5.74, 6) is 0.597. The third-order valence-corrected chi connectivity index (χ3v) is 1.55. The molecule has 0 aromatic rings. The third-order valence-electron chi connectivity index (χ3n) is 1.55. The molecule has 0 rings (SSSR count). The Hall–Kier alpha value is -0.0800. The first-order valence-corrected chi connectivity index (χ1v) is 3.44. The van der Waals surface area contributed by atoms with Crippen LogP contribution in [0.15, 0.2) is 0 Å². The Kier molecular flexibility index (Phi) is 3.82. The second-order valence-electron chi connectivity index (χ2n) is 3.10. The van der Waals surface area contributed by atoms with E-state index in [9.17, 15) is 0 Å². The lowest BCUT2D eigenvalue weighted by Gasteiger charge is -2.19. The maximum Gasteiger partial charge on any atom is 0.00483 e. The molecule has 2 unspecified atom stereocenters. The molecule has 2 nitrogen and oxygen atoms in total. The lowest BCUT2D eigenvalue weighted by atomic mass is 10.1. The molecule has 56 valence electrons. The van der Waals surface area contributed by atoms with Gasteiger partial charge in [-0.3, -0.25) is 0 Å². The zero-order valence-electron chi connectivity index (χ0n) is 6.89. The van der Waals surface area contributed by atoms with Crippen molar-refractivity contribution in [3.05, 3.63) is 0 Å². The van der Waals surface area contributed by atoms with Gasteiger partial charge in [-0.1, -0.05) is 6.92 Å². The Balaban J connectivity index is 3.38.